The number of alkyl carbamates (subject to hydrolysis) is 1. The van der Waals surface area contributed by atoms with Gasteiger partial charge in [-0.2, -0.15) is 0 Å². The van der Waals surface area contributed by atoms with E-state index < -0.39 is 11.7 Å². The lowest BCUT2D eigenvalue weighted by molar-refractivity contribution is -0.187. The van der Waals surface area contributed by atoms with Crippen molar-refractivity contribution in [3.63, 3.8) is 0 Å². The maximum atomic E-state index is 12.3. The quantitative estimate of drug-likeness (QED) is 0.487. The van der Waals surface area contributed by atoms with Crippen LogP contribution in [0.25, 0.3) is 0 Å². The Balaban J connectivity index is 2.01. The molecule has 1 fully saturated rings. The average Bonchev–Trinajstić information content (AvgIpc) is 2.63. The molecule has 0 spiro atoms. The third kappa shape index (κ3) is 8.73. The van der Waals surface area contributed by atoms with Gasteiger partial charge >= 0.3 is 6.09 Å². The van der Waals surface area contributed by atoms with Gasteiger partial charge in [-0.25, -0.2) is 4.79 Å². The van der Waals surface area contributed by atoms with Crippen LogP contribution in [0.3, 0.4) is 0 Å². The van der Waals surface area contributed by atoms with Crippen molar-refractivity contribution in [2.75, 3.05) is 18.2 Å². The molecule has 1 aliphatic rings. The highest BCUT2D eigenvalue weighted by molar-refractivity contribution is 7.99. The number of alkyl halides is 1. The van der Waals surface area contributed by atoms with E-state index in [2.05, 4.69) is 5.32 Å². The van der Waals surface area contributed by atoms with Crippen molar-refractivity contribution in [1.29, 1.82) is 0 Å². The summed E-state index contributed by atoms with van der Waals surface area (Å²) in [6.45, 7) is 6.21. The van der Waals surface area contributed by atoms with Gasteiger partial charge in [0.25, 0.3) is 0 Å². The van der Waals surface area contributed by atoms with Crippen molar-refractivity contribution in [2.45, 2.75) is 69.0 Å². The van der Waals surface area contributed by atoms with Crippen LogP contribution in [-0.2, 0) is 14.2 Å². The van der Waals surface area contributed by atoms with Gasteiger partial charge in [0, 0.05) is 17.3 Å². The largest absolute Gasteiger partial charge is 0.444 e. The Morgan fingerprint density at radius 3 is 2.67 bits per heavy atom. The van der Waals surface area contributed by atoms with E-state index >= 15 is 0 Å². The number of ether oxygens (including phenoxy) is 3. The molecule has 152 valence electrons. The molecule has 1 unspecified atom stereocenters. The van der Waals surface area contributed by atoms with Crippen LogP contribution in [0.2, 0.25) is 0 Å². The van der Waals surface area contributed by atoms with Crippen LogP contribution in [0.15, 0.2) is 35.2 Å². The highest BCUT2D eigenvalue weighted by Crippen LogP contribution is 2.23. The topological polar surface area (TPSA) is 56.8 Å². The van der Waals surface area contributed by atoms with Crippen LogP contribution in [0.1, 0.15) is 40.0 Å². The number of thioether (sulfide) groups is 1. The summed E-state index contributed by atoms with van der Waals surface area (Å²) in [7, 11) is 0. The predicted octanol–water partition coefficient (Wildman–Crippen LogP) is 4.82. The van der Waals surface area contributed by atoms with Crippen molar-refractivity contribution in [1.82, 2.24) is 5.32 Å². The lowest BCUT2D eigenvalue weighted by Crippen LogP contribution is -2.50. The number of nitrogens with one attached hydrogen (secondary N) is 1. The highest BCUT2D eigenvalue weighted by Gasteiger charge is 2.29. The molecule has 1 aromatic rings. The normalized spacial score (nSPS) is 19.9. The number of hydrogen-bond acceptors (Lipinski definition) is 5. The molecule has 1 amide bonds. The van der Waals surface area contributed by atoms with E-state index in [0.29, 0.717) is 12.4 Å². The van der Waals surface area contributed by atoms with E-state index in [4.69, 9.17) is 25.8 Å². The number of carbonyl (C=O) groups excluding carboxylic acids is 1. The van der Waals surface area contributed by atoms with Gasteiger partial charge < -0.3 is 19.5 Å². The minimum Gasteiger partial charge on any atom is -0.444 e. The van der Waals surface area contributed by atoms with E-state index in [0.717, 1.165) is 24.2 Å². The zero-order chi connectivity index (χ0) is 19.7. The monoisotopic (exact) mass is 415 g/mol. The van der Waals surface area contributed by atoms with Crippen molar-refractivity contribution < 1.29 is 19.0 Å². The molecule has 1 N–H and O–H groups in total. The fourth-order valence-corrected chi connectivity index (χ4v) is 3.96. The summed E-state index contributed by atoms with van der Waals surface area (Å²) in [5.74, 6) is 0.878. The fourth-order valence-electron chi connectivity index (χ4n) is 2.66. The van der Waals surface area contributed by atoms with E-state index in [-0.39, 0.29) is 24.3 Å². The van der Waals surface area contributed by atoms with Gasteiger partial charge in [-0.15, -0.1) is 23.4 Å². The minimum atomic E-state index is -0.564. The SMILES string of the molecule is CC(C)(C)OC(=O)N[C@@H](CSc1ccccc1)[C@@H](CCl)OC1CCCCO1. The van der Waals surface area contributed by atoms with Gasteiger partial charge in [-0.3, -0.25) is 0 Å². The van der Waals surface area contributed by atoms with Gasteiger partial charge in [0.1, 0.15) is 5.60 Å². The van der Waals surface area contributed by atoms with E-state index in [9.17, 15) is 4.79 Å². The zero-order valence-corrected chi connectivity index (χ0v) is 17.9. The molecule has 0 radical (unpaired) electrons. The molecule has 1 saturated heterocycles. The van der Waals surface area contributed by atoms with Crippen LogP contribution in [0.4, 0.5) is 4.79 Å². The molecule has 0 aromatic heterocycles. The Morgan fingerprint density at radius 1 is 1.33 bits per heavy atom. The van der Waals surface area contributed by atoms with Crippen LogP contribution in [0.5, 0.6) is 0 Å². The molecule has 0 saturated carbocycles. The summed E-state index contributed by atoms with van der Waals surface area (Å²) >= 11 is 7.84. The van der Waals surface area contributed by atoms with Crippen molar-refractivity contribution in [3.05, 3.63) is 30.3 Å². The van der Waals surface area contributed by atoms with Crippen LogP contribution >= 0.6 is 23.4 Å². The summed E-state index contributed by atoms with van der Waals surface area (Å²) < 4.78 is 17.2. The van der Waals surface area contributed by atoms with Gasteiger partial charge in [-0.1, -0.05) is 18.2 Å². The second kappa shape index (κ2) is 11.1. The first kappa shape index (κ1) is 22.3. The standard InChI is InChI=1S/C20H30ClNO4S/c1-20(2,3)26-19(23)22-16(14-27-15-9-5-4-6-10-15)17(13-21)25-18-11-7-8-12-24-18/h4-6,9-10,16-18H,7-8,11-14H2,1-3H3,(H,22,23)/t16-,17+,18?/m0/s1. The summed E-state index contributed by atoms with van der Waals surface area (Å²) in [6.07, 6.45) is 1.87. The fraction of sp³-hybridized carbons (Fsp3) is 0.650. The molecule has 0 bridgehead atoms. The molecule has 1 aromatic carbocycles. The van der Waals surface area contributed by atoms with Crippen molar-refractivity contribution in [2.24, 2.45) is 0 Å². The second-order valence-electron chi connectivity index (χ2n) is 7.50. The van der Waals surface area contributed by atoms with Gasteiger partial charge in [-0.05, 0) is 52.2 Å². The lowest BCUT2D eigenvalue weighted by atomic mass is 10.2. The number of amides is 1. The Labute approximate surface area is 171 Å². The van der Waals surface area contributed by atoms with Gasteiger partial charge in [0.15, 0.2) is 6.29 Å². The number of halogens is 1. The van der Waals surface area contributed by atoms with Crippen LogP contribution in [-0.4, -0.2) is 48.4 Å². The van der Waals surface area contributed by atoms with Gasteiger partial charge in [0.05, 0.1) is 18.0 Å². The Kier molecular flexibility index (Phi) is 9.22. The van der Waals surface area contributed by atoms with E-state index in [1.807, 2.05) is 51.1 Å². The molecule has 3 atom stereocenters. The number of rotatable bonds is 8. The summed E-state index contributed by atoms with van der Waals surface area (Å²) in [6, 6.07) is 9.74. The first-order valence-electron chi connectivity index (χ1n) is 9.38. The predicted molar refractivity (Wildman–Crippen MR) is 110 cm³/mol. The molecule has 7 heteroatoms. The van der Waals surface area contributed by atoms with Gasteiger partial charge in [0.2, 0.25) is 0 Å². The number of carbonyl (C=O) groups is 1. The minimum absolute atomic E-state index is 0.260. The smallest absolute Gasteiger partial charge is 0.407 e. The number of benzene rings is 1. The Hall–Kier alpha value is -0.950. The van der Waals surface area contributed by atoms with Crippen LogP contribution < -0.4 is 5.32 Å². The zero-order valence-electron chi connectivity index (χ0n) is 16.3. The lowest BCUT2D eigenvalue weighted by Gasteiger charge is -2.32. The molecule has 5 nitrogen and oxygen atoms in total. The van der Waals surface area contributed by atoms with Crippen molar-refractivity contribution in [3.8, 4) is 0 Å². The average molecular weight is 416 g/mol. The van der Waals surface area contributed by atoms with Crippen molar-refractivity contribution >= 4 is 29.5 Å². The molecule has 0 aliphatic carbocycles. The number of hydrogen-bond donors (Lipinski definition) is 1. The summed E-state index contributed by atoms with van der Waals surface area (Å²) in [5, 5.41) is 2.94. The van der Waals surface area contributed by atoms with E-state index in [1.165, 1.54) is 0 Å². The first-order chi connectivity index (χ1) is 12.9. The third-order valence-corrected chi connectivity index (χ3v) is 5.38. The maximum Gasteiger partial charge on any atom is 0.407 e. The highest BCUT2D eigenvalue weighted by atomic mass is 35.5. The van der Waals surface area contributed by atoms with Crippen LogP contribution in [0, 0.1) is 0 Å². The summed E-state index contributed by atoms with van der Waals surface area (Å²) in [5.41, 5.74) is -0.564. The Morgan fingerprint density at radius 2 is 2.07 bits per heavy atom. The third-order valence-electron chi connectivity index (χ3n) is 3.94. The molecular formula is C20H30ClNO4S. The molecule has 1 heterocycles. The Bertz CT molecular complexity index is 561. The maximum absolute atomic E-state index is 12.3. The molecule has 2 rings (SSSR count). The summed E-state index contributed by atoms with van der Waals surface area (Å²) in [4.78, 5) is 13.4. The molecule has 27 heavy (non-hydrogen) atoms. The molecule has 1 aliphatic heterocycles. The van der Waals surface area contributed by atoms with E-state index in [1.54, 1.807) is 11.8 Å². The first-order valence-corrected chi connectivity index (χ1v) is 10.9. The second-order valence-corrected chi connectivity index (χ2v) is 8.90. The molecular weight excluding hydrogens is 386 g/mol.